The summed E-state index contributed by atoms with van der Waals surface area (Å²) in [5, 5.41) is 0.794. The van der Waals surface area contributed by atoms with Gasteiger partial charge >= 0.3 is 0 Å². The third kappa shape index (κ3) is 2.48. The zero-order valence-electron chi connectivity index (χ0n) is 9.48. The van der Waals surface area contributed by atoms with E-state index >= 15 is 0 Å². The Morgan fingerprint density at radius 2 is 1.89 bits per heavy atom. The van der Waals surface area contributed by atoms with Gasteiger partial charge < -0.3 is 0 Å². The van der Waals surface area contributed by atoms with E-state index in [1.165, 1.54) is 10.5 Å². The number of thiol groups is 1. The Bertz CT molecular complexity index is 610. The van der Waals surface area contributed by atoms with E-state index in [0.29, 0.717) is 0 Å². The van der Waals surface area contributed by atoms with Crippen LogP contribution in [0.2, 0.25) is 5.02 Å². The first-order valence-corrected chi connectivity index (χ1v) is 8.34. The lowest BCUT2D eigenvalue weighted by molar-refractivity contribution is 1.36. The van der Waals surface area contributed by atoms with Gasteiger partial charge in [0.15, 0.2) is 0 Å². The lowest BCUT2D eigenvalue weighted by Gasteiger charge is -2.14. The van der Waals surface area contributed by atoms with E-state index in [1.807, 2.05) is 12.1 Å². The van der Waals surface area contributed by atoms with Crippen LogP contribution in [-0.2, 0) is 5.75 Å². The number of aliphatic imine (C=N–C) groups is 1. The number of halogens is 2. The minimum absolute atomic E-state index is 0.355. The second-order valence-electron chi connectivity index (χ2n) is 4.13. The summed E-state index contributed by atoms with van der Waals surface area (Å²) in [5.74, 6) is 1.03. The highest BCUT2D eigenvalue weighted by Gasteiger charge is 2.16. The second kappa shape index (κ2) is 5.08. The highest BCUT2D eigenvalue weighted by Crippen LogP contribution is 2.48. The van der Waals surface area contributed by atoms with E-state index < -0.39 is 0 Å². The molecule has 0 radical (unpaired) electrons. The van der Waals surface area contributed by atoms with Crippen molar-refractivity contribution in [2.24, 2.45) is 4.99 Å². The number of rotatable bonds is 2. The minimum Gasteiger partial charge on any atom is -0.250 e. The van der Waals surface area contributed by atoms with Crippen LogP contribution in [0.25, 0.3) is 0 Å². The minimum atomic E-state index is -0.355. The second-order valence-corrected chi connectivity index (χ2v) is 7.45. The summed E-state index contributed by atoms with van der Waals surface area (Å²) < 4.78 is 1.11. The molecule has 18 heavy (non-hydrogen) atoms. The average Bonchev–Trinajstić information content (AvgIpc) is 2.75. The van der Waals surface area contributed by atoms with Gasteiger partial charge in [0.1, 0.15) is 0 Å². The molecule has 2 aromatic carbocycles. The summed E-state index contributed by atoms with van der Waals surface area (Å²) in [4.78, 5) is 5.76. The topological polar surface area (TPSA) is 12.4 Å². The highest BCUT2D eigenvalue weighted by molar-refractivity contribution is 9.10. The molecule has 0 aliphatic carbocycles. The molecule has 0 N–H and O–H groups in total. The molecule has 2 aromatic rings. The summed E-state index contributed by atoms with van der Waals surface area (Å²) in [6.07, 6.45) is 0. The Morgan fingerprint density at radius 3 is 2.67 bits per heavy atom. The van der Waals surface area contributed by atoms with Crippen molar-refractivity contribution < 1.29 is 0 Å². The van der Waals surface area contributed by atoms with Crippen LogP contribution in [0.4, 0.5) is 5.69 Å². The lowest BCUT2D eigenvalue weighted by atomic mass is 10.2. The number of hydrogen-bond acceptors (Lipinski definition) is 1. The molecular formula is C14H11BrClNS. The predicted molar refractivity (Wildman–Crippen MR) is 84.7 cm³/mol. The van der Waals surface area contributed by atoms with E-state index in [-0.39, 0.29) is 10.9 Å². The van der Waals surface area contributed by atoms with Crippen LogP contribution in [0.1, 0.15) is 5.56 Å². The normalized spacial score (nSPS) is 18.9. The number of fused-ring (bicyclic) bond motifs is 1. The third-order valence-electron chi connectivity index (χ3n) is 2.85. The molecule has 1 heterocycles. The molecule has 4 heteroatoms. The molecule has 1 aliphatic rings. The van der Waals surface area contributed by atoms with E-state index in [1.54, 1.807) is 0 Å². The zero-order valence-corrected chi connectivity index (χ0v) is 12.7. The molecule has 0 saturated carbocycles. The SMILES string of the molecule is Clc1ccc2c(c1)[SH](Cc1ccc(Br)cc1)C=N2. The van der Waals surface area contributed by atoms with Crippen molar-refractivity contribution in [3.8, 4) is 0 Å². The van der Waals surface area contributed by atoms with Crippen LogP contribution in [0.3, 0.4) is 0 Å². The van der Waals surface area contributed by atoms with Crippen molar-refractivity contribution in [2.45, 2.75) is 10.6 Å². The van der Waals surface area contributed by atoms with Crippen LogP contribution in [-0.4, -0.2) is 5.55 Å². The molecule has 1 atom stereocenters. The molecule has 1 aliphatic heterocycles. The average molecular weight is 341 g/mol. The van der Waals surface area contributed by atoms with Gasteiger partial charge in [0, 0.05) is 25.7 Å². The maximum atomic E-state index is 6.06. The summed E-state index contributed by atoms with van der Waals surface area (Å²) in [7, 11) is -0.355. The van der Waals surface area contributed by atoms with E-state index in [2.05, 4.69) is 56.8 Å². The first-order valence-electron chi connectivity index (χ1n) is 5.57. The lowest BCUT2D eigenvalue weighted by Crippen LogP contribution is -1.87. The standard InChI is InChI=1S/C14H11BrClNS/c15-11-3-1-10(2-4-11)8-18-9-17-13-6-5-12(16)7-14(13)18/h1-7,9,18H,8H2. The number of benzene rings is 2. The quantitative estimate of drug-likeness (QED) is 0.709. The van der Waals surface area contributed by atoms with Crippen molar-refractivity contribution in [3.63, 3.8) is 0 Å². The molecule has 0 bridgehead atoms. The van der Waals surface area contributed by atoms with Crippen molar-refractivity contribution >= 4 is 49.7 Å². The molecule has 0 aromatic heterocycles. The Labute approximate surface area is 122 Å². The van der Waals surface area contributed by atoms with Crippen LogP contribution in [0.15, 0.2) is 56.8 Å². The molecular weight excluding hydrogens is 330 g/mol. The number of nitrogens with zero attached hydrogens (tertiary/aromatic N) is 1. The summed E-state index contributed by atoms with van der Waals surface area (Å²) in [6, 6.07) is 14.4. The smallest absolute Gasteiger partial charge is 0.0758 e. The molecule has 0 saturated heterocycles. The maximum Gasteiger partial charge on any atom is 0.0758 e. The first kappa shape index (κ1) is 12.3. The van der Waals surface area contributed by atoms with Gasteiger partial charge in [0.25, 0.3) is 0 Å². The van der Waals surface area contributed by atoms with E-state index in [0.717, 1.165) is 20.9 Å². The molecule has 0 amide bonds. The molecule has 0 spiro atoms. The fraction of sp³-hybridized carbons (Fsp3) is 0.0714. The third-order valence-corrected chi connectivity index (χ3v) is 5.69. The van der Waals surface area contributed by atoms with Crippen molar-refractivity contribution in [1.29, 1.82) is 0 Å². The molecule has 92 valence electrons. The van der Waals surface area contributed by atoms with Gasteiger partial charge in [-0.25, -0.2) is 0 Å². The highest BCUT2D eigenvalue weighted by atomic mass is 79.9. The predicted octanol–water partition coefficient (Wildman–Crippen LogP) is 5.34. The molecule has 1 unspecified atom stereocenters. The van der Waals surface area contributed by atoms with Crippen LogP contribution in [0, 0.1) is 0 Å². The van der Waals surface area contributed by atoms with Crippen LogP contribution >= 0.6 is 38.4 Å². The van der Waals surface area contributed by atoms with Gasteiger partial charge in [-0.05, 0) is 35.9 Å². The van der Waals surface area contributed by atoms with Gasteiger partial charge in [-0.15, -0.1) is 0 Å². The van der Waals surface area contributed by atoms with Crippen molar-refractivity contribution in [2.75, 3.05) is 0 Å². The van der Waals surface area contributed by atoms with Crippen molar-refractivity contribution in [1.82, 2.24) is 0 Å². The fourth-order valence-corrected chi connectivity index (χ4v) is 4.43. The zero-order chi connectivity index (χ0) is 12.5. The van der Waals surface area contributed by atoms with Crippen LogP contribution < -0.4 is 0 Å². The van der Waals surface area contributed by atoms with Crippen molar-refractivity contribution in [3.05, 3.63) is 57.5 Å². The maximum absolute atomic E-state index is 6.06. The molecule has 1 nitrogen and oxygen atoms in total. The van der Waals surface area contributed by atoms with Crippen LogP contribution in [0.5, 0.6) is 0 Å². The van der Waals surface area contributed by atoms with E-state index in [4.69, 9.17) is 11.6 Å². The molecule has 0 fully saturated rings. The van der Waals surface area contributed by atoms with Gasteiger partial charge in [0.2, 0.25) is 0 Å². The van der Waals surface area contributed by atoms with Gasteiger partial charge in [-0.2, -0.15) is 10.9 Å². The summed E-state index contributed by atoms with van der Waals surface area (Å²) in [6.45, 7) is 0. The monoisotopic (exact) mass is 339 g/mol. The van der Waals surface area contributed by atoms with E-state index in [9.17, 15) is 0 Å². The first-order chi connectivity index (χ1) is 8.72. The Morgan fingerprint density at radius 1 is 1.11 bits per heavy atom. The summed E-state index contributed by atoms with van der Waals surface area (Å²) >= 11 is 9.52. The summed E-state index contributed by atoms with van der Waals surface area (Å²) in [5.41, 5.74) is 4.49. The number of hydrogen-bond donors (Lipinski definition) is 1. The largest absolute Gasteiger partial charge is 0.250 e. The molecule has 3 rings (SSSR count). The fourth-order valence-electron chi connectivity index (χ4n) is 1.94. The van der Waals surface area contributed by atoms with Gasteiger partial charge in [-0.1, -0.05) is 39.7 Å². The van der Waals surface area contributed by atoms with Gasteiger partial charge in [-0.3, -0.25) is 4.99 Å². The Kier molecular flexibility index (Phi) is 3.46. The van der Waals surface area contributed by atoms with Gasteiger partial charge in [0.05, 0.1) is 5.69 Å². The Balaban J connectivity index is 1.86. The Hall–Kier alpha value is -0.770.